The van der Waals surface area contributed by atoms with Gasteiger partial charge in [-0.05, 0) is 25.7 Å². The third kappa shape index (κ3) is 1.62. The second-order valence-corrected chi connectivity index (χ2v) is 2.88. The van der Waals surface area contributed by atoms with Crippen LogP contribution in [0, 0.1) is 0 Å². The van der Waals surface area contributed by atoms with Crippen molar-refractivity contribution in [3.05, 3.63) is 0 Å². The van der Waals surface area contributed by atoms with Gasteiger partial charge in [0.25, 0.3) is 0 Å². The monoisotopic (exact) mass is 142 g/mol. The fourth-order valence-electron chi connectivity index (χ4n) is 0.672. The molecule has 0 N–H and O–H groups in total. The molecule has 0 aromatic heterocycles. The summed E-state index contributed by atoms with van der Waals surface area (Å²) in [4.78, 5) is 10.7. The molecule has 0 unspecified atom stereocenters. The zero-order chi connectivity index (χ0) is 6.97. The highest BCUT2D eigenvalue weighted by Gasteiger charge is 2.31. The SMILES string of the molecule is O=C(OC1CC1)OC1CC1. The summed E-state index contributed by atoms with van der Waals surface area (Å²) in [6.07, 6.45) is 3.93. The summed E-state index contributed by atoms with van der Waals surface area (Å²) in [6.45, 7) is 0. The van der Waals surface area contributed by atoms with Gasteiger partial charge < -0.3 is 9.47 Å². The molecule has 2 saturated carbocycles. The highest BCUT2D eigenvalue weighted by molar-refractivity contribution is 5.60. The average molecular weight is 142 g/mol. The van der Waals surface area contributed by atoms with E-state index in [-0.39, 0.29) is 12.2 Å². The van der Waals surface area contributed by atoms with Gasteiger partial charge in [0.1, 0.15) is 12.2 Å². The number of hydrogen-bond donors (Lipinski definition) is 0. The van der Waals surface area contributed by atoms with Crippen molar-refractivity contribution in [1.29, 1.82) is 0 Å². The largest absolute Gasteiger partial charge is 0.508 e. The van der Waals surface area contributed by atoms with E-state index >= 15 is 0 Å². The van der Waals surface area contributed by atoms with Crippen LogP contribution in [0.1, 0.15) is 25.7 Å². The van der Waals surface area contributed by atoms with Gasteiger partial charge in [-0.2, -0.15) is 0 Å². The average Bonchev–Trinajstić information content (AvgIpc) is 2.59. The number of carbonyl (C=O) groups excluding carboxylic acids is 1. The summed E-state index contributed by atoms with van der Waals surface area (Å²) in [6, 6.07) is 0. The Labute approximate surface area is 59.3 Å². The number of rotatable bonds is 2. The molecule has 10 heavy (non-hydrogen) atoms. The second-order valence-electron chi connectivity index (χ2n) is 2.88. The van der Waals surface area contributed by atoms with E-state index in [0.29, 0.717) is 0 Å². The van der Waals surface area contributed by atoms with E-state index in [1.165, 1.54) is 0 Å². The molecule has 3 heteroatoms. The summed E-state index contributed by atoms with van der Waals surface area (Å²) >= 11 is 0. The minimum absolute atomic E-state index is 0.172. The molecule has 2 fully saturated rings. The van der Waals surface area contributed by atoms with Crippen LogP contribution >= 0.6 is 0 Å². The number of ether oxygens (including phenoxy) is 2. The van der Waals surface area contributed by atoms with Gasteiger partial charge in [-0.25, -0.2) is 4.79 Å². The summed E-state index contributed by atoms with van der Waals surface area (Å²) < 4.78 is 9.70. The first-order valence-corrected chi connectivity index (χ1v) is 3.72. The molecule has 0 saturated heterocycles. The van der Waals surface area contributed by atoms with Crippen LogP contribution in [-0.2, 0) is 9.47 Å². The standard InChI is InChI=1S/C7H10O3/c8-7(9-5-1-2-5)10-6-3-4-6/h5-6H,1-4H2. The molecule has 0 aromatic rings. The molecule has 0 spiro atoms. The van der Waals surface area contributed by atoms with Crippen LogP contribution in [0.3, 0.4) is 0 Å². The lowest BCUT2D eigenvalue weighted by atomic mass is 10.8. The van der Waals surface area contributed by atoms with E-state index in [1.54, 1.807) is 0 Å². The van der Waals surface area contributed by atoms with Gasteiger partial charge in [0.05, 0.1) is 0 Å². The van der Waals surface area contributed by atoms with Crippen LogP contribution in [0.5, 0.6) is 0 Å². The highest BCUT2D eigenvalue weighted by atomic mass is 16.7. The van der Waals surface area contributed by atoms with Crippen molar-refractivity contribution < 1.29 is 14.3 Å². The van der Waals surface area contributed by atoms with E-state index < -0.39 is 6.16 Å². The molecule has 2 aliphatic rings. The molecule has 0 aromatic carbocycles. The lowest BCUT2D eigenvalue weighted by molar-refractivity contribution is 0.0444. The zero-order valence-electron chi connectivity index (χ0n) is 5.71. The first kappa shape index (κ1) is 6.01. The van der Waals surface area contributed by atoms with Gasteiger partial charge in [0, 0.05) is 0 Å². The Bertz CT molecular complexity index is 131. The quantitative estimate of drug-likeness (QED) is 0.547. The highest BCUT2D eigenvalue weighted by Crippen LogP contribution is 2.27. The molecular formula is C7H10O3. The molecule has 2 rings (SSSR count). The Hall–Kier alpha value is -0.730. The van der Waals surface area contributed by atoms with Crippen molar-refractivity contribution >= 4 is 6.16 Å². The Morgan fingerprint density at radius 1 is 1.00 bits per heavy atom. The molecule has 0 heterocycles. The van der Waals surface area contributed by atoms with Crippen LogP contribution in [0.15, 0.2) is 0 Å². The topological polar surface area (TPSA) is 35.5 Å². The Morgan fingerprint density at radius 2 is 1.40 bits per heavy atom. The summed E-state index contributed by atoms with van der Waals surface area (Å²) in [5.41, 5.74) is 0. The number of carbonyl (C=O) groups is 1. The van der Waals surface area contributed by atoms with Crippen LogP contribution in [-0.4, -0.2) is 18.4 Å². The predicted molar refractivity (Wildman–Crippen MR) is 33.6 cm³/mol. The van der Waals surface area contributed by atoms with E-state index in [9.17, 15) is 4.79 Å². The minimum atomic E-state index is -0.468. The predicted octanol–water partition coefficient (Wildman–Crippen LogP) is 1.46. The first-order chi connectivity index (χ1) is 4.84. The van der Waals surface area contributed by atoms with Crippen molar-refractivity contribution in [3.8, 4) is 0 Å². The van der Waals surface area contributed by atoms with Gasteiger partial charge >= 0.3 is 6.16 Å². The third-order valence-electron chi connectivity index (χ3n) is 1.57. The van der Waals surface area contributed by atoms with Crippen molar-refractivity contribution in [3.63, 3.8) is 0 Å². The van der Waals surface area contributed by atoms with Gasteiger partial charge in [-0.15, -0.1) is 0 Å². The van der Waals surface area contributed by atoms with Crippen LogP contribution in [0.25, 0.3) is 0 Å². The fraction of sp³-hybridized carbons (Fsp3) is 0.857. The second kappa shape index (κ2) is 2.15. The maximum absolute atomic E-state index is 10.7. The Balaban J connectivity index is 1.64. The molecular weight excluding hydrogens is 132 g/mol. The minimum Gasteiger partial charge on any atom is -0.431 e. The number of hydrogen-bond acceptors (Lipinski definition) is 3. The lowest BCUT2D eigenvalue weighted by Gasteiger charge is -2.01. The molecule has 0 aliphatic heterocycles. The van der Waals surface area contributed by atoms with Crippen molar-refractivity contribution in [2.24, 2.45) is 0 Å². The molecule has 3 nitrogen and oxygen atoms in total. The third-order valence-corrected chi connectivity index (χ3v) is 1.57. The molecule has 56 valence electrons. The molecule has 0 bridgehead atoms. The lowest BCUT2D eigenvalue weighted by Crippen LogP contribution is -2.09. The maximum atomic E-state index is 10.7. The smallest absolute Gasteiger partial charge is 0.431 e. The fourth-order valence-corrected chi connectivity index (χ4v) is 0.672. The normalized spacial score (nSPS) is 24.0. The Kier molecular flexibility index (Phi) is 1.29. The van der Waals surface area contributed by atoms with Crippen LogP contribution in [0.2, 0.25) is 0 Å². The van der Waals surface area contributed by atoms with Gasteiger partial charge in [0.15, 0.2) is 0 Å². The van der Waals surface area contributed by atoms with Crippen molar-refractivity contribution in [2.45, 2.75) is 37.9 Å². The summed E-state index contributed by atoms with van der Waals surface area (Å²) in [5, 5.41) is 0. The van der Waals surface area contributed by atoms with E-state index in [1.807, 2.05) is 0 Å². The summed E-state index contributed by atoms with van der Waals surface area (Å²) in [7, 11) is 0. The molecule has 0 atom stereocenters. The molecule has 0 amide bonds. The first-order valence-electron chi connectivity index (χ1n) is 3.72. The summed E-state index contributed by atoms with van der Waals surface area (Å²) in [5.74, 6) is 0. The molecule has 2 aliphatic carbocycles. The van der Waals surface area contributed by atoms with Gasteiger partial charge in [-0.3, -0.25) is 0 Å². The van der Waals surface area contributed by atoms with E-state index in [0.717, 1.165) is 25.7 Å². The van der Waals surface area contributed by atoms with Crippen LogP contribution in [0.4, 0.5) is 4.79 Å². The Morgan fingerprint density at radius 3 is 1.70 bits per heavy atom. The van der Waals surface area contributed by atoms with Crippen molar-refractivity contribution in [1.82, 2.24) is 0 Å². The maximum Gasteiger partial charge on any atom is 0.508 e. The van der Waals surface area contributed by atoms with E-state index in [2.05, 4.69) is 0 Å². The van der Waals surface area contributed by atoms with Gasteiger partial charge in [-0.1, -0.05) is 0 Å². The van der Waals surface area contributed by atoms with Gasteiger partial charge in [0.2, 0.25) is 0 Å². The van der Waals surface area contributed by atoms with Crippen LogP contribution < -0.4 is 0 Å². The molecule has 0 radical (unpaired) electrons. The van der Waals surface area contributed by atoms with Crippen molar-refractivity contribution in [2.75, 3.05) is 0 Å². The zero-order valence-corrected chi connectivity index (χ0v) is 5.71. The van der Waals surface area contributed by atoms with E-state index in [4.69, 9.17) is 9.47 Å².